The Morgan fingerprint density at radius 2 is 1.57 bits per heavy atom. The molecule has 0 N–H and O–H groups in total. The fourth-order valence-corrected chi connectivity index (χ4v) is 4.31. The van der Waals surface area contributed by atoms with Crippen molar-refractivity contribution in [2.75, 3.05) is 4.90 Å². The molecule has 0 bridgehead atoms. The maximum atomic E-state index is 13.3. The van der Waals surface area contributed by atoms with Crippen LogP contribution >= 0.6 is 0 Å². The van der Waals surface area contributed by atoms with Gasteiger partial charge in [0.15, 0.2) is 5.69 Å². The van der Waals surface area contributed by atoms with Crippen LogP contribution in [0.5, 0.6) is 5.88 Å². The summed E-state index contributed by atoms with van der Waals surface area (Å²) in [4.78, 5) is 43.9. The van der Waals surface area contributed by atoms with Crippen molar-refractivity contribution in [3.63, 3.8) is 0 Å². The molecule has 0 unspecified atom stereocenters. The van der Waals surface area contributed by atoms with Gasteiger partial charge < -0.3 is 9.67 Å². The molecule has 0 atom stereocenters. The van der Waals surface area contributed by atoms with Gasteiger partial charge in [-0.15, -0.1) is 0 Å². The summed E-state index contributed by atoms with van der Waals surface area (Å²) in [7, 11) is 0. The number of hydrogen-bond donors (Lipinski definition) is 0. The highest BCUT2D eigenvalue weighted by Crippen LogP contribution is 2.32. The Balaban J connectivity index is 1.76. The Kier molecular flexibility index (Phi) is 7.74. The first-order valence-electron chi connectivity index (χ1n) is 12.2. The van der Waals surface area contributed by atoms with Crippen LogP contribution in [-0.2, 0) is 9.59 Å². The lowest BCUT2D eigenvalue weighted by molar-refractivity contribution is -0.276. The van der Waals surface area contributed by atoms with Crippen LogP contribution in [0.25, 0.3) is 16.6 Å². The number of amides is 2. The first-order chi connectivity index (χ1) is 19.2. The number of carbonyl (C=O) groups excluding carboxylic acids is 2. The van der Waals surface area contributed by atoms with E-state index in [9.17, 15) is 24.8 Å². The number of hydrogen-bond acceptors (Lipinski definition) is 5. The van der Waals surface area contributed by atoms with Gasteiger partial charge in [0.1, 0.15) is 11.6 Å². The predicted molar refractivity (Wildman–Crippen MR) is 151 cm³/mol. The van der Waals surface area contributed by atoms with Crippen molar-refractivity contribution in [1.82, 2.24) is 4.57 Å². The van der Waals surface area contributed by atoms with E-state index in [2.05, 4.69) is 4.85 Å². The molecule has 8 heteroatoms. The van der Waals surface area contributed by atoms with E-state index in [0.29, 0.717) is 16.9 Å². The topological polar surface area (TPSA) is 111 Å². The SMILES string of the molecule is [C-]#[N+]c1c(C)c(C=CC(C)=CC=C2C(=O)N(c3ccccc3)C(=O)C(C#N)=C2C)c(=O)n(-c2ccccc2)c1[O-]. The number of nitrogens with zero attached hydrogens (tertiary/aromatic N) is 4. The zero-order valence-electron chi connectivity index (χ0n) is 22.0. The Morgan fingerprint density at radius 3 is 2.15 bits per heavy atom. The lowest BCUT2D eigenvalue weighted by atomic mass is 9.94. The zero-order chi connectivity index (χ0) is 29.0. The molecule has 2 amide bonds. The molecule has 196 valence electrons. The second-order valence-corrected chi connectivity index (χ2v) is 9.00. The summed E-state index contributed by atoms with van der Waals surface area (Å²) >= 11 is 0. The number of aromatic nitrogens is 1. The number of para-hydroxylation sites is 2. The van der Waals surface area contributed by atoms with Crippen LogP contribution in [0.2, 0.25) is 0 Å². The summed E-state index contributed by atoms with van der Waals surface area (Å²) in [5, 5.41) is 22.5. The summed E-state index contributed by atoms with van der Waals surface area (Å²) in [6.45, 7) is 12.3. The first-order valence-corrected chi connectivity index (χ1v) is 12.2. The molecule has 40 heavy (non-hydrogen) atoms. The molecule has 0 radical (unpaired) electrons. The van der Waals surface area contributed by atoms with Gasteiger partial charge in [-0.2, -0.15) is 5.26 Å². The van der Waals surface area contributed by atoms with Gasteiger partial charge in [0.2, 0.25) is 0 Å². The van der Waals surface area contributed by atoms with Gasteiger partial charge in [0.25, 0.3) is 17.4 Å². The summed E-state index contributed by atoms with van der Waals surface area (Å²) in [5.74, 6) is -1.92. The Morgan fingerprint density at radius 1 is 0.975 bits per heavy atom. The van der Waals surface area contributed by atoms with E-state index >= 15 is 0 Å². The van der Waals surface area contributed by atoms with Crippen LogP contribution in [0, 0.1) is 24.8 Å². The number of benzene rings is 2. The van der Waals surface area contributed by atoms with Crippen LogP contribution in [0.15, 0.2) is 106 Å². The smallest absolute Gasteiger partial charge is 0.276 e. The molecule has 1 aliphatic rings. The van der Waals surface area contributed by atoms with Crippen LogP contribution in [0.4, 0.5) is 11.4 Å². The van der Waals surface area contributed by atoms with Gasteiger partial charge in [-0.25, -0.2) is 9.74 Å². The van der Waals surface area contributed by atoms with E-state index in [4.69, 9.17) is 6.57 Å². The zero-order valence-corrected chi connectivity index (χ0v) is 22.0. The number of nitriles is 1. The summed E-state index contributed by atoms with van der Waals surface area (Å²) in [6, 6.07) is 18.7. The molecule has 0 fully saturated rings. The molecule has 0 spiro atoms. The van der Waals surface area contributed by atoms with Gasteiger partial charge in [-0.05, 0) is 68.1 Å². The summed E-state index contributed by atoms with van der Waals surface area (Å²) in [6.07, 6.45) is 6.31. The standard InChI is InChI=1S/C32H24N4O4/c1-20(15-17-25-21(2)27(19-33)31(39)35(29(25)37)23-11-7-5-8-12-23)16-18-26-22(3)28(34-4)32(40)36(30(26)38)24-13-9-6-10-14-24/h5-18,40H,1-3H3/p-1. The second kappa shape index (κ2) is 11.3. The third-order valence-corrected chi connectivity index (χ3v) is 6.51. The van der Waals surface area contributed by atoms with Crippen molar-refractivity contribution < 1.29 is 14.7 Å². The summed E-state index contributed by atoms with van der Waals surface area (Å²) in [5.41, 5.74) is 1.44. The summed E-state index contributed by atoms with van der Waals surface area (Å²) < 4.78 is 0.981. The Bertz CT molecular complexity index is 1800. The quantitative estimate of drug-likeness (QED) is 0.199. The van der Waals surface area contributed by atoms with Crippen molar-refractivity contribution >= 4 is 29.3 Å². The molecule has 0 saturated carbocycles. The van der Waals surface area contributed by atoms with Gasteiger partial charge in [-0.3, -0.25) is 14.4 Å². The molecule has 0 saturated heterocycles. The van der Waals surface area contributed by atoms with E-state index in [0.717, 1.165) is 9.47 Å². The highest BCUT2D eigenvalue weighted by atomic mass is 16.3. The molecule has 2 heterocycles. The van der Waals surface area contributed by atoms with Crippen LogP contribution in [-0.4, -0.2) is 16.4 Å². The number of allylic oxidation sites excluding steroid dienone is 4. The van der Waals surface area contributed by atoms with E-state index in [1.54, 1.807) is 93.6 Å². The van der Waals surface area contributed by atoms with Crippen molar-refractivity contribution in [3.8, 4) is 17.6 Å². The van der Waals surface area contributed by atoms with Gasteiger partial charge in [0, 0.05) is 16.8 Å². The fourth-order valence-electron chi connectivity index (χ4n) is 4.31. The first kappa shape index (κ1) is 27.3. The minimum Gasteiger partial charge on any atom is -0.868 e. The molecule has 1 aromatic heterocycles. The molecule has 1 aliphatic heterocycles. The van der Waals surface area contributed by atoms with Crippen molar-refractivity contribution in [3.05, 3.63) is 134 Å². The van der Waals surface area contributed by atoms with Gasteiger partial charge >= 0.3 is 0 Å². The Labute approximate surface area is 231 Å². The average Bonchev–Trinajstić information content (AvgIpc) is 2.94. The third kappa shape index (κ3) is 4.90. The van der Waals surface area contributed by atoms with E-state index in [1.165, 1.54) is 12.2 Å². The van der Waals surface area contributed by atoms with Crippen molar-refractivity contribution in [2.24, 2.45) is 0 Å². The molecule has 2 aromatic carbocycles. The van der Waals surface area contributed by atoms with E-state index < -0.39 is 23.3 Å². The monoisotopic (exact) mass is 527 g/mol. The molecule has 8 nitrogen and oxygen atoms in total. The van der Waals surface area contributed by atoms with E-state index in [-0.39, 0.29) is 33.5 Å². The molecular formula is C32H23N4O4-. The van der Waals surface area contributed by atoms with Gasteiger partial charge in [0.05, 0.1) is 12.3 Å². The minimum atomic E-state index is -0.684. The largest absolute Gasteiger partial charge is 0.868 e. The maximum Gasteiger partial charge on any atom is 0.276 e. The lowest BCUT2D eigenvalue weighted by Crippen LogP contribution is -2.42. The average molecular weight is 528 g/mol. The van der Waals surface area contributed by atoms with Crippen LogP contribution in [0.1, 0.15) is 25.0 Å². The number of anilines is 1. The molecular weight excluding hydrogens is 504 g/mol. The predicted octanol–water partition coefficient (Wildman–Crippen LogP) is 5.07. The van der Waals surface area contributed by atoms with Crippen LogP contribution < -0.4 is 15.6 Å². The minimum absolute atomic E-state index is 0.127. The number of carbonyl (C=O) groups is 2. The van der Waals surface area contributed by atoms with E-state index in [1.807, 2.05) is 6.07 Å². The van der Waals surface area contributed by atoms with Crippen molar-refractivity contribution in [2.45, 2.75) is 20.8 Å². The van der Waals surface area contributed by atoms with Gasteiger partial charge in [-0.1, -0.05) is 60.2 Å². The lowest BCUT2D eigenvalue weighted by Gasteiger charge is -2.27. The normalized spacial score (nSPS) is 15.1. The highest BCUT2D eigenvalue weighted by molar-refractivity contribution is 6.31. The van der Waals surface area contributed by atoms with Crippen LogP contribution in [0.3, 0.4) is 0 Å². The maximum absolute atomic E-state index is 13.3. The number of pyridine rings is 1. The molecule has 4 rings (SSSR count). The number of rotatable bonds is 5. The Hall–Kier alpha value is -5.73. The highest BCUT2D eigenvalue weighted by Gasteiger charge is 2.36. The van der Waals surface area contributed by atoms with Crippen molar-refractivity contribution in [1.29, 1.82) is 5.26 Å². The fraction of sp³-hybridized carbons (Fsp3) is 0.0938. The molecule has 3 aromatic rings. The molecule has 0 aliphatic carbocycles. The second-order valence-electron chi connectivity index (χ2n) is 9.00. The third-order valence-electron chi connectivity index (χ3n) is 6.51. The number of imide groups is 1.